The van der Waals surface area contributed by atoms with Gasteiger partial charge in [-0.1, -0.05) is 29.3 Å². The average molecular weight is 391 g/mol. The van der Waals surface area contributed by atoms with Gasteiger partial charge in [-0.25, -0.2) is 8.42 Å². The van der Waals surface area contributed by atoms with E-state index >= 15 is 0 Å². The lowest BCUT2D eigenvalue weighted by atomic mass is 10.2. The molecule has 0 spiro atoms. The molecule has 1 N–H and O–H groups in total. The van der Waals surface area contributed by atoms with Crippen LogP contribution in [0.1, 0.15) is 32.3 Å². The number of sulfonamides is 1. The van der Waals surface area contributed by atoms with Crippen molar-refractivity contribution in [1.29, 1.82) is 0 Å². The first-order chi connectivity index (χ1) is 10.1. The number of nitrogens with zero attached hydrogens (tertiary/aromatic N) is 1. The second-order valence-corrected chi connectivity index (χ2v) is 8.22. The van der Waals surface area contributed by atoms with Crippen LogP contribution in [0.2, 0.25) is 0 Å². The molecule has 0 bridgehead atoms. The third-order valence-corrected chi connectivity index (χ3v) is 5.28. The Kier molecular flexibility index (Phi) is 6.87. The largest absolute Gasteiger partial charge is 0.352 e. The van der Waals surface area contributed by atoms with E-state index in [4.69, 9.17) is 0 Å². The summed E-state index contributed by atoms with van der Waals surface area (Å²) in [5.74, 6) is -0.299. The van der Waals surface area contributed by atoms with E-state index in [1.807, 2.05) is 20.8 Å². The SMILES string of the molecule is CCC[C@H](C)NC(=O)CN(c1ccc(Br)c(C)c1)S(C)(=O)=O. The standard InChI is InChI=1S/C15H23BrN2O3S/c1-5-6-12(3)17-15(19)10-18(22(4,20)21)13-7-8-14(16)11(2)9-13/h7-9,12H,5-6,10H2,1-4H3,(H,17,19)/t12-/m0/s1. The molecule has 0 aliphatic rings. The van der Waals surface area contributed by atoms with Gasteiger partial charge in [0.25, 0.3) is 0 Å². The number of amides is 1. The number of rotatable bonds is 7. The predicted molar refractivity (Wildman–Crippen MR) is 93.6 cm³/mol. The molecule has 1 rings (SSSR count). The third kappa shape index (κ3) is 5.61. The number of benzene rings is 1. The Bertz CT molecular complexity index is 632. The topological polar surface area (TPSA) is 66.5 Å². The summed E-state index contributed by atoms with van der Waals surface area (Å²) in [5.41, 5.74) is 1.40. The van der Waals surface area contributed by atoms with Crippen molar-refractivity contribution in [2.45, 2.75) is 39.7 Å². The minimum atomic E-state index is -3.53. The van der Waals surface area contributed by atoms with Crippen LogP contribution in [-0.4, -0.2) is 33.2 Å². The number of hydrogen-bond donors (Lipinski definition) is 1. The Labute approximate surface area is 141 Å². The van der Waals surface area contributed by atoms with E-state index in [1.54, 1.807) is 18.2 Å². The zero-order valence-corrected chi connectivity index (χ0v) is 15.8. The normalized spacial score (nSPS) is 12.8. The fourth-order valence-electron chi connectivity index (χ4n) is 2.14. The van der Waals surface area contributed by atoms with Gasteiger partial charge in [-0.15, -0.1) is 0 Å². The van der Waals surface area contributed by atoms with Crippen LogP contribution < -0.4 is 9.62 Å². The molecule has 1 aromatic rings. The summed E-state index contributed by atoms with van der Waals surface area (Å²) in [4.78, 5) is 12.1. The van der Waals surface area contributed by atoms with E-state index in [1.165, 1.54) is 0 Å². The summed E-state index contributed by atoms with van der Waals surface area (Å²) in [6.45, 7) is 5.61. The Morgan fingerprint density at radius 2 is 2.05 bits per heavy atom. The number of carbonyl (C=O) groups is 1. The monoisotopic (exact) mass is 390 g/mol. The smallest absolute Gasteiger partial charge is 0.240 e. The van der Waals surface area contributed by atoms with Crippen molar-refractivity contribution in [3.05, 3.63) is 28.2 Å². The summed E-state index contributed by atoms with van der Waals surface area (Å²) >= 11 is 3.38. The molecule has 1 atom stereocenters. The quantitative estimate of drug-likeness (QED) is 0.777. The molecule has 0 fully saturated rings. The highest BCUT2D eigenvalue weighted by molar-refractivity contribution is 9.10. The molecule has 0 saturated heterocycles. The Morgan fingerprint density at radius 3 is 2.55 bits per heavy atom. The van der Waals surface area contributed by atoms with Crippen LogP contribution in [0.3, 0.4) is 0 Å². The van der Waals surface area contributed by atoms with Crippen molar-refractivity contribution in [2.24, 2.45) is 0 Å². The van der Waals surface area contributed by atoms with Gasteiger partial charge in [0.05, 0.1) is 11.9 Å². The van der Waals surface area contributed by atoms with Crippen LogP contribution in [0.25, 0.3) is 0 Å². The van der Waals surface area contributed by atoms with E-state index in [0.29, 0.717) is 5.69 Å². The molecule has 5 nitrogen and oxygen atoms in total. The second-order valence-electron chi connectivity index (χ2n) is 5.46. The van der Waals surface area contributed by atoms with Crippen molar-refractivity contribution in [1.82, 2.24) is 5.32 Å². The van der Waals surface area contributed by atoms with E-state index in [0.717, 1.165) is 33.4 Å². The lowest BCUT2D eigenvalue weighted by Gasteiger charge is -2.23. The Morgan fingerprint density at radius 1 is 1.41 bits per heavy atom. The predicted octanol–water partition coefficient (Wildman–Crippen LogP) is 2.83. The summed E-state index contributed by atoms with van der Waals surface area (Å²) in [5, 5.41) is 2.82. The molecule has 0 unspecified atom stereocenters. The molecule has 0 aromatic heterocycles. The molecule has 1 aromatic carbocycles. The summed E-state index contributed by atoms with van der Waals surface area (Å²) < 4.78 is 26.0. The molecule has 0 aliphatic heterocycles. The average Bonchev–Trinajstić information content (AvgIpc) is 2.38. The van der Waals surface area contributed by atoms with E-state index in [9.17, 15) is 13.2 Å². The molecule has 0 saturated carbocycles. The van der Waals surface area contributed by atoms with Crippen LogP contribution in [0, 0.1) is 6.92 Å². The van der Waals surface area contributed by atoms with Gasteiger partial charge in [0.2, 0.25) is 15.9 Å². The number of hydrogen-bond acceptors (Lipinski definition) is 3. The fourth-order valence-corrected chi connectivity index (χ4v) is 3.23. The molecule has 22 heavy (non-hydrogen) atoms. The lowest BCUT2D eigenvalue weighted by Crippen LogP contribution is -2.43. The second kappa shape index (κ2) is 7.97. The highest BCUT2D eigenvalue weighted by Crippen LogP contribution is 2.24. The molecular formula is C15H23BrN2O3S. The van der Waals surface area contributed by atoms with Crippen LogP contribution in [0.5, 0.6) is 0 Å². The maximum atomic E-state index is 12.1. The maximum Gasteiger partial charge on any atom is 0.240 e. The van der Waals surface area contributed by atoms with Crippen LogP contribution >= 0.6 is 15.9 Å². The first kappa shape index (κ1) is 19.0. The van der Waals surface area contributed by atoms with Gasteiger partial charge in [-0.05, 0) is 44.0 Å². The van der Waals surface area contributed by atoms with Gasteiger partial charge in [0.15, 0.2) is 0 Å². The first-order valence-electron chi connectivity index (χ1n) is 7.18. The summed E-state index contributed by atoms with van der Waals surface area (Å²) in [7, 11) is -3.53. The number of nitrogens with one attached hydrogen (secondary N) is 1. The van der Waals surface area contributed by atoms with E-state index in [2.05, 4.69) is 21.2 Å². The highest BCUT2D eigenvalue weighted by Gasteiger charge is 2.21. The van der Waals surface area contributed by atoms with Crippen molar-refractivity contribution in [3.8, 4) is 0 Å². The summed E-state index contributed by atoms with van der Waals surface area (Å²) in [6, 6.07) is 5.24. The molecule has 124 valence electrons. The molecule has 0 heterocycles. The van der Waals surface area contributed by atoms with E-state index in [-0.39, 0.29) is 18.5 Å². The Balaban J connectivity index is 2.95. The van der Waals surface area contributed by atoms with Gasteiger partial charge >= 0.3 is 0 Å². The number of halogens is 1. The Hall–Kier alpha value is -1.08. The van der Waals surface area contributed by atoms with Gasteiger partial charge in [0.1, 0.15) is 6.54 Å². The molecule has 0 radical (unpaired) electrons. The highest BCUT2D eigenvalue weighted by atomic mass is 79.9. The first-order valence-corrected chi connectivity index (χ1v) is 9.82. The van der Waals surface area contributed by atoms with Gasteiger partial charge in [0, 0.05) is 10.5 Å². The van der Waals surface area contributed by atoms with Gasteiger partial charge in [-0.2, -0.15) is 0 Å². The van der Waals surface area contributed by atoms with Crippen molar-refractivity contribution < 1.29 is 13.2 Å². The van der Waals surface area contributed by atoms with Gasteiger partial charge in [-0.3, -0.25) is 9.10 Å². The fraction of sp³-hybridized carbons (Fsp3) is 0.533. The minimum Gasteiger partial charge on any atom is -0.352 e. The zero-order valence-electron chi connectivity index (χ0n) is 13.4. The summed E-state index contributed by atoms with van der Waals surface area (Å²) in [6.07, 6.45) is 2.93. The molecule has 7 heteroatoms. The van der Waals surface area contributed by atoms with Crippen molar-refractivity contribution in [2.75, 3.05) is 17.1 Å². The maximum absolute atomic E-state index is 12.1. The molecule has 0 aliphatic carbocycles. The van der Waals surface area contributed by atoms with Crippen molar-refractivity contribution in [3.63, 3.8) is 0 Å². The molecular weight excluding hydrogens is 368 g/mol. The van der Waals surface area contributed by atoms with Crippen LogP contribution in [-0.2, 0) is 14.8 Å². The number of carbonyl (C=O) groups excluding carboxylic acids is 1. The number of anilines is 1. The van der Waals surface area contributed by atoms with E-state index < -0.39 is 10.0 Å². The van der Waals surface area contributed by atoms with Gasteiger partial charge < -0.3 is 5.32 Å². The van der Waals surface area contributed by atoms with Crippen LogP contribution in [0.4, 0.5) is 5.69 Å². The molecule has 1 amide bonds. The van der Waals surface area contributed by atoms with Crippen LogP contribution in [0.15, 0.2) is 22.7 Å². The van der Waals surface area contributed by atoms with Crippen molar-refractivity contribution >= 4 is 37.5 Å². The zero-order chi connectivity index (χ0) is 16.9. The minimum absolute atomic E-state index is 0.0329. The lowest BCUT2D eigenvalue weighted by molar-refractivity contribution is -0.120. The third-order valence-electron chi connectivity index (χ3n) is 3.25. The number of aryl methyl sites for hydroxylation is 1.